The molecule has 1 saturated heterocycles. The molecule has 0 aromatic carbocycles. The van der Waals surface area contributed by atoms with Gasteiger partial charge in [0.2, 0.25) is 0 Å². The number of aromatic nitrogens is 2. The molecule has 3 aliphatic rings. The van der Waals surface area contributed by atoms with E-state index in [0.717, 1.165) is 11.7 Å². The maximum Gasteiger partial charge on any atom is 0.472 e. The number of hydrogen-bond donors (Lipinski definition) is 5. The molecule has 1 saturated carbocycles. The number of carboxylic acids is 1. The molecule has 15 nitrogen and oxygen atoms in total. The van der Waals surface area contributed by atoms with E-state index in [-0.39, 0.29) is 17.8 Å². The third kappa shape index (κ3) is 4.29. The number of aliphatic hydroxyl groups excluding tert-OH is 2. The molecule has 1 aromatic heterocycles. The van der Waals surface area contributed by atoms with Gasteiger partial charge in [-0.15, -0.1) is 0 Å². The summed E-state index contributed by atoms with van der Waals surface area (Å²) in [5, 5.41) is 29.9. The number of fused-ring (bicyclic) bond motifs is 1. The second-order valence-corrected chi connectivity index (χ2v) is 9.83. The molecule has 4 rings (SSSR count). The van der Waals surface area contributed by atoms with Gasteiger partial charge in [0.25, 0.3) is 0 Å². The van der Waals surface area contributed by atoms with Crippen LogP contribution in [0.3, 0.4) is 0 Å². The van der Waals surface area contributed by atoms with E-state index in [2.05, 4.69) is 4.98 Å². The van der Waals surface area contributed by atoms with Gasteiger partial charge in [0.1, 0.15) is 29.5 Å². The number of carboxylic acid groups (broad SMARTS) is 1. The molecule has 16 heteroatoms. The van der Waals surface area contributed by atoms with Gasteiger partial charge in [-0.3, -0.25) is 18.4 Å². The Morgan fingerprint density at radius 3 is 2.63 bits per heavy atom. The summed E-state index contributed by atoms with van der Waals surface area (Å²) in [7, 11) is -3.64. The number of carbonyl (C=O) groups excluding carboxylic acids is 1. The van der Waals surface area contributed by atoms with Crippen molar-refractivity contribution in [1.29, 1.82) is 0 Å². The third-order valence-corrected chi connectivity index (χ3v) is 7.55. The monoisotopic (exact) mass is 517 g/mol. The second kappa shape index (κ2) is 9.09. The van der Waals surface area contributed by atoms with Crippen LogP contribution < -0.4 is 11.4 Å². The van der Waals surface area contributed by atoms with Crippen LogP contribution in [0.15, 0.2) is 28.7 Å². The van der Waals surface area contributed by atoms with E-state index in [9.17, 15) is 39.2 Å². The summed E-state index contributed by atoms with van der Waals surface area (Å²) in [4.78, 5) is 49.4. The van der Waals surface area contributed by atoms with E-state index in [1.54, 1.807) is 0 Å². The van der Waals surface area contributed by atoms with E-state index in [1.807, 2.05) is 0 Å². The van der Waals surface area contributed by atoms with Crippen molar-refractivity contribution in [2.45, 2.75) is 31.0 Å². The van der Waals surface area contributed by atoms with Crippen molar-refractivity contribution in [2.24, 2.45) is 17.3 Å². The second-order valence-electron chi connectivity index (χ2n) is 8.38. The van der Waals surface area contributed by atoms with E-state index in [0.29, 0.717) is 0 Å². The number of rotatable bonds is 9. The molecule has 0 spiro atoms. The lowest BCUT2D eigenvalue weighted by molar-refractivity contribution is -0.149. The first-order valence-corrected chi connectivity index (χ1v) is 11.9. The number of nitrogens with zero attached hydrogens (tertiary/aromatic N) is 2. The number of phosphoric acid groups is 1. The van der Waals surface area contributed by atoms with Gasteiger partial charge < -0.3 is 35.4 Å². The van der Waals surface area contributed by atoms with Crippen molar-refractivity contribution >= 4 is 25.6 Å². The van der Waals surface area contributed by atoms with Crippen LogP contribution in [0.5, 0.6) is 0 Å². The summed E-state index contributed by atoms with van der Waals surface area (Å²) in [6.45, 7) is -1.17. The van der Waals surface area contributed by atoms with Crippen LogP contribution in [0, 0.1) is 17.3 Å². The number of aliphatic hydroxyl groups is 2. The Labute approximate surface area is 197 Å². The molecule has 192 valence electrons. The number of anilines is 1. The van der Waals surface area contributed by atoms with Gasteiger partial charge in [0.15, 0.2) is 6.23 Å². The molecule has 1 aromatic rings. The smallest absolute Gasteiger partial charge is 0.472 e. The first-order chi connectivity index (χ1) is 16.4. The third-order valence-electron chi connectivity index (χ3n) is 6.60. The van der Waals surface area contributed by atoms with Crippen LogP contribution >= 0.6 is 7.82 Å². The van der Waals surface area contributed by atoms with Crippen LogP contribution in [-0.4, -0.2) is 80.3 Å². The molecule has 1 aliphatic heterocycles. The van der Waals surface area contributed by atoms with Gasteiger partial charge >= 0.3 is 25.5 Å². The summed E-state index contributed by atoms with van der Waals surface area (Å²) in [5.74, 6) is -3.29. The molecule has 1 unspecified atom stereocenters. The van der Waals surface area contributed by atoms with E-state index >= 15 is 0 Å². The lowest BCUT2D eigenvalue weighted by Crippen LogP contribution is -2.36. The van der Waals surface area contributed by atoms with Crippen molar-refractivity contribution in [2.75, 3.05) is 26.1 Å². The molecular weight excluding hydrogens is 493 g/mol. The molecule has 0 amide bonds. The highest BCUT2D eigenvalue weighted by molar-refractivity contribution is 7.47. The summed E-state index contributed by atoms with van der Waals surface area (Å²) >= 11 is 0. The fraction of sp³-hybridized carbons (Fsp3) is 0.579. The first-order valence-electron chi connectivity index (χ1n) is 10.4. The zero-order chi connectivity index (χ0) is 25.7. The highest BCUT2D eigenvalue weighted by atomic mass is 31.2. The standard InChI is InChI=1S/C19H24N3O12P/c1-31-17(27)19-8(2-3-9(19)16(25)26)10(19)6-32-35(29,30)33-7-11-13(23)14(24)15(34-11)22-5-4-12(20)21-18(22)28/h3-5,8,10-11,13-15,23-24H,2,6-7H2,1H3,(H,25,26)(H,29,30)(H2,20,21,28)/t8-,10+,11+,13+,14+,15+,19-/m0/s1. The SMILES string of the molecule is COC(=O)[C@]12C(C(=O)O)=CC[C@H]1[C@H]2COP(=O)(O)OC[C@H]1O[C@@H](n2ccc(N)nc2=O)[C@H](O)[C@@H]1O. The molecule has 2 heterocycles. The van der Waals surface area contributed by atoms with Gasteiger partial charge in [0.05, 0.1) is 25.9 Å². The predicted molar refractivity (Wildman–Crippen MR) is 112 cm³/mol. The summed E-state index contributed by atoms with van der Waals surface area (Å²) in [6.07, 6.45) is -2.95. The average Bonchev–Trinajstić information content (AvgIpc) is 3.09. The van der Waals surface area contributed by atoms with Crippen molar-refractivity contribution < 1.29 is 52.9 Å². The average molecular weight is 517 g/mol. The number of phosphoric ester groups is 1. The fourth-order valence-corrected chi connectivity index (χ4v) is 5.65. The maximum absolute atomic E-state index is 12.4. The Bertz CT molecular complexity index is 1170. The lowest BCUT2D eigenvalue weighted by Gasteiger charge is -2.19. The molecule has 6 N–H and O–H groups in total. The number of aliphatic carboxylic acids is 1. The lowest BCUT2D eigenvalue weighted by atomic mass is 9.94. The highest BCUT2D eigenvalue weighted by Gasteiger charge is 2.75. The van der Waals surface area contributed by atoms with Gasteiger partial charge in [0, 0.05) is 12.1 Å². The Balaban J connectivity index is 1.36. The van der Waals surface area contributed by atoms with Crippen molar-refractivity contribution in [3.8, 4) is 0 Å². The molecule has 35 heavy (non-hydrogen) atoms. The number of ether oxygens (including phenoxy) is 2. The van der Waals surface area contributed by atoms with Gasteiger partial charge in [-0.25, -0.2) is 14.2 Å². The number of methoxy groups -OCH3 is 1. The van der Waals surface area contributed by atoms with Crippen LogP contribution in [0.4, 0.5) is 5.82 Å². The quantitative estimate of drug-likeness (QED) is 0.183. The van der Waals surface area contributed by atoms with E-state index < -0.39 is 80.5 Å². The largest absolute Gasteiger partial charge is 0.478 e. The summed E-state index contributed by atoms with van der Waals surface area (Å²) in [5.41, 5.74) is 2.98. The summed E-state index contributed by atoms with van der Waals surface area (Å²) < 4.78 is 33.3. The Morgan fingerprint density at radius 1 is 1.31 bits per heavy atom. The van der Waals surface area contributed by atoms with Crippen molar-refractivity contribution in [3.63, 3.8) is 0 Å². The van der Waals surface area contributed by atoms with Gasteiger partial charge in [-0.2, -0.15) is 4.98 Å². The van der Waals surface area contributed by atoms with Crippen LogP contribution in [0.2, 0.25) is 0 Å². The van der Waals surface area contributed by atoms with E-state index in [1.165, 1.54) is 18.3 Å². The van der Waals surface area contributed by atoms with Crippen LogP contribution in [-0.2, 0) is 32.7 Å². The van der Waals surface area contributed by atoms with Crippen LogP contribution in [0.1, 0.15) is 12.6 Å². The maximum atomic E-state index is 12.4. The molecule has 2 fully saturated rings. The molecular formula is C19H24N3O12P. The zero-order valence-corrected chi connectivity index (χ0v) is 19.2. The Kier molecular flexibility index (Phi) is 6.61. The molecule has 8 atom stereocenters. The number of nitrogen functional groups attached to an aromatic ring is 1. The molecule has 2 aliphatic carbocycles. The summed E-state index contributed by atoms with van der Waals surface area (Å²) in [6, 6.07) is 1.28. The van der Waals surface area contributed by atoms with Gasteiger partial charge in [-0.05, 0) is 18.4 Å². The van der Waals surface area contributed by atoms with Crippen molar-refractivity contribution in [1.82, 2.24) is 9.55 Å². The number of carbonyl (C=O) groups is 2. The number of nitrogens with two attached hydrogens (primary N) is 1. The van der Waals surface area contributed by atoms with Crippen LogP contribution in [0.25, 0.3) is 0 Å². The topological polar surface area (TPSA) is 230 Å². The van der Waals surface area contributed by atoms with Gasteiger partial charge in [-0.1, -0.05) is 6.08 Å². The number of hydrogen-bond acceptors (Lipinski definition) is 12. The molecule has 0 bridgehead atoms. The molecule has 0 radical (unpaired) electrons. The normalized spacial score (nSPS) is 35.1. The number of esters is 1. The fourth-order valence-electron chi connectivity index (χ4n) is 4.89. The minimum Gasteiger partial charge on any atom is -0.478 e. The Hall–Kier alpha value is -2.65. The highest BCUT2D eigenvalue weighted by Crippen LogP contribution is 2.70. The first kappa shape index (κ1) is 25.4. The van der Waals surface area contributed by atoms with E-state index in [4.69, 9.17) is 24.3 Å². The minimum atomic E-state index is -4.75. The number of allylic oxidation sites excluding steroid dienone is 1. The zero-order valence-electron chi connectivity index (χ0n) is 18.3. The Morgan fingerprint density at radius 2 is 2.00 bits per heavy atom. The minimum absolute atomic E-state index is 0.0581. The van der Waals surface area contributed by atoms with Crippen molar-refractivity contribution in [3.05, 3.63) is 34.4 Å². The predicted octanol–water partition coefficient (Wildman–Crippen LogP) is -1.60.